The maximum absolute atomic E-state index is 14.2. The monoisotopic (exact) mass is 872 g/mol. The van der Waals surface area contributed by atoms with Gasteiger partial charge < -0.3 is 30.2 Å². The average molecular weight is 873 g/mol. The minimum absolute atomic E-state index is 0.00155. The molecule has 0 bridgehead atoms. The first-order valence-electron chi connectivity index (χ1n) is 19.6. The zero-order valence-corrected chi connectivity index (χ0v) is 37.8. The van der Waals surface area contributed by atoms with E-state index in [0.29, 0.717) is 18.8 Å². The van der Waals surface area contributed by atoms with Gasteiger partial charge in [0.2, 0.25) is 29.5 Å². The second kappa shape index (κ2) is 19.4. The number of nitrogens with zero attached hydrogens (tertiary/aromatic N) is 4. The van der Waals surface area contributed by atoms with Gasteiger partial charge in [-0.3, -0.25) is 33.6 Å². The van der Waals surface area contributed by atoms with Crippen molar-refractivity contribution < 1.29 is 33.6 Å². The summed E-state index contributed by atoms with van der Waals surface area (Å²) in [5.74, 6) is -1.95. The van der Waals surface area contributed by atoms with E-state index in [1.165, 1.54) is 40.6 Å². The van der Waals surface area contributed by atoms with Gasteiger partial charge in [-0.25, -0.2) is 0 Å². The molecule has 0 unspecified atom stereocenters. The molecule has 0 heterocycles. The molecular weight excluding hydrogens is 803 g/mol. The Morgan fingerprint density at radius 1 is 0.537 bits per heavy atom. The first kappa shape index (κ1) is 47.4. The molecule has 308 valence electrons. The number of nitrogens with one attached hydrogen (secondary N) is 2. The number of Topliss-reactive ketones (excluding diaryl/α,β-unsaturated/α-hetero) is 1. The molecule has 2 aliphatic carbocycles. The van der Waals surface area contributed by atoms with Gasteiger partial charge in [-0.15, -0.1) is 0 Å². The fourth-order valence-corrected chi connectivity index (χ4v) is 8.37. The summed E-state index contributed by atoms with van der Waals surface area (Å²) in [5, 5.41) is 6.00. The Labute approximate surface area is 337 Å². The zero-order chi connectivity index (χ0) is 41.8. The number of rotatable bonds is 19. The van der Waals surface area contributed by atoms with E-state index in [-0.39, 0.29) is 64.9 Å². The molecule has 0 aromatic carbocycles. The minimum atomic E-state index is -0.955. The maximum Gasteiger partial charge on any atom is 0.255 e. The van der Waals surface area contributed by atoms with Gasteiger partial charge in [0.15, 0.2) is 9.83 Å². The quantitative estimate of drug-likeness (QED) is 0.114. The number of carbonyl (C=O) groups is 7. The molecule has 2 rings (SSSR count). The third-order valence-corrected chi connectivity index (χ3v) is 13.9. The van der Waals surface area contributed by atoms with Gasteiger partial charge in [0.25, 0.3) is 5.91 Å². The van der Waals surface area contributed by atoms with E-state index in [9.17, 15) is 33.6 Å². The van der Waals surface area contributed by atoms with Crippen LogP contribution >= 0.6 is 22.6 Å². The van der Waals surface area contributed by atoms with E-state index in [1.807, 2.05) is 71.1 Å². The van der Waals surface area contributed by atoms with Crippen LogP contribution < -0.4 is 10.6 Å². The highest BCUT2D eigenvalue weighted by molar-refractivity contribution is 14.1. The lowest BCUT2D eigenvalue weighted by atomic mass is 9.97. The molecule has 2 aliphatic rings. The summed E-state index contributed by atoms with van der Waals surface area (Å²) in [6.45, 7) is 22.6. The first-order valence-corrected chi connectivity index (χ1v) is 20.9. The van der Waals surface area contributed by atoms with Crippen LogP contribution in [0.4, 0.5) is 0 Å². The van der Waals surface area contributed by atoms with Crippen molar-refractivity contribution in [3.8, 4) is 0 Å². The van der Waals surface area contributed by atoms with Gasteiger partial charge in [-0.2, -0.15) is 0 Å². The lowest BCUT2D eigenvalue weighted by molar-refractivity contribution is -0.149. The molecule has 0 radical (unpaired) electrons. The van der Waals surface area contributed by atoms with Crippen molar-refractivity contribution >= 4 is 63.8 Å². The summed E-state index contributed by atoms with van der Waals surface area (Å²) in [7, 11) is 6.13. The van der Waals surface area contributed by atoms with Gasteiger partial charge in [-0.1, -0.05) is 62.3 Å². The van der Waals surface area contributed by atoms with E-state index in [0.717, 1.165) is 0 Å². The number of alkyl halides is 1. The largest absolute Gasteiger partial charge is 0.344 e. The molecule has 0 spiro atoms. The fraction of sp³-hybridized carbons (Fsp3) is 0.825. The predicted molar refractivity (Wildman–Crippen MR) is 218 cm³/mol. The van der Waals surface area contributed by atoms with Crippen LogP contribution in [0.15, 0.2) is 0 Å². The third-order valence-electron chi connectivity index (χ3n) is 12.5. The molecule has 2 N–H and O–H groups in total. The van der Waals surface area contributed by atoms with Gasteiger partial charge in [0.1, 0.15) is 24.2 Å². The number of carbonyl (C=O) groups excluding carboxylic acids is 7. The molecule has 0 saturated heterocycles. The number of halogens is 1. The molecule has 54 heavy (non-hydrogen) atoms. The van der Waals surface area contributed by atoms with Crippen molar-refractivity contribution in [1.82, 2.24) is 30.2 Å². The van der Waals surface area contributed by atoms with Crippen molar-refractivity contribution in [2.45, 2.75) is 130 Å². The van der Waals surface area contributed by atoms with Crippen LogP contribution in [-0.2, 0) is 33.6 Å². The van der Waals surface area contributed by atoms with Gasteiger partial charge in [-0.05, 0) is 104 Å². The third kappa shape index (κ3) is 11.2. The van der Waals surface area contributed by atoms with E-state index < -0.39 is 57.9 Å². The van der Waals surface area contributed by atoms with Crippen LogP contribution in [0.1, 0.15) is 95.9 Å². The van der Waals surface area contributed by atoms with Crippen LogP contribution in [0.5, 0.6) is 0 Å². The molecule has 2 fully saturated rings. The molecule has 14 heteroatoms. The summed E-state index contributed by atoms with van der Waals surface area (Å²) in [4.78, 5) is 100. The number of ketones is 1. The number of hydrogen-bond donors (Lipinski definition) is 2. The van der Waals surface area contributed by atoms with E-state index in [1.54, 1.807) is 27.9 Å². The zero-order valence-electron chi connectivity index (χ0n) is 35.6. The highest BCUT2D eigenvalue weighted by atomic mass is 127. The van der Waals surface area contributed by atoms with E-state index in [2.05, 4.69) is 24.5 Å². The van der Waals surface area contributed by atoms with Gasteiger partial charge >= 0.3 is 0 Å². The van der Waals surface area contributed by atoms with Crippen LogP contribution in [-0.4, -0.2) is 123 Å². The SMILES string of the molecule is CC(=O)[C@@H](C)N(C)C(=O)[C@H](I)N(C)C(=O)[C@@H](NC(=O)[C@H](CC(C)C)N(C)C(=O)[C@H](C)N(C)C(=O)[C@H](NC(=O)[C@H](C)CC(C)C)C1[C@@H](C)[C@@H]1C)C1[C@@H](C)[C@@H]1C. The van der Waals surface area contributed by atoms with Crippen molar-refractivity contribution in [2.24, 2.45) is 53.3 Å². The van der Waals surface area contributed by atoms with Crippen LogP contribution in [0, 0.1) is 53.3 Å². The van der Waals surface area contributed by atoms with Crippen LogP contribution in [0.25, 0.3) is 0 Å². The normalized spacial score (nSPS) is 25.6. The molecule has 2 saturated carbocycles. The second-order valence-electron chi connectivity index (χ2n) is 17.3. The predicted octanol–water partition coefficient (Wildman–Crippen LogP) is 3.82. The number of likely N-dealkylation sites (N-methyl/N-ethyl adjacent to an activating group) is 4. The Morgan fingerprint density at radius 2 is 0.926 bits per heavy atom. The highest BCUT2D eigenvalue weighted by Crippen LogP contribution is 2.49. The molecule has 0 aromatic heterocycles. The molecule has 6 amide bonds. The number of hydrogen-bond acceptors (Lipinski definition) is 7. The smallest absolute Gasteiger partial charge is 0.255 e. The second-order valence-corrected chi connectivity index (χ2v) is 18.5. The summed E-state index contributed by atoms with van der Waals surface area (Å²) < 4.78 is -0.927. The Bertz CT molecular complexity index is 1390. The number of amides is 6. The van der Waals surface area contributed by atoms with Crippen LogP contribution in [0.2, 0.25) is 0 Å². The Hall–Kier alpha value is -2.78. The maximum atomic E-state index is 14.2. The summed E-state index contributed by atoms with van der Waals surface area (Å²) in [6.07, 6.45) is 0.989. The van der Waals surface area contributed by atoms with Crippen molar-refractivity contribution in [3.05, 3.63) is 0 Å². The summed E-state index contributed by atoms with van der Waals surface area (Å²) in [5.41, 5.74) is 0. The molecule has 0 aliphatic heterocycles. The molecule has 0 aromatic rings. The van der Waals surface area contributed by atoms with Crippen LogP contribution in [0.3, 0.4) is 0 Å². The van der Waals surface area contributed by atoms with E-state index in [4.69, 9.17) is 0 Å². The molecule has 11 atom stereocenters. The van der Waals surface area contributed by atoms with Crippen molar-refractivity contribution in [3.63, 3.8) is 0 Å². The fourth-order valence-electron chi connectivity index (χ4n) is 7.66. The lowest BCUT2D eigenvalue weighted by Gasteiger charge is -2.36. The Kier molecular flexibility index (Phi) is 17.0. The standard InChI is InChI=1S/C40H69IN6O7/c1-19(2)17-21(5)35(49)42-32(30-22(6)23(30)7)38(52)45(14)27(11)37(51)46(15)29(18-20(3)4)36(50)43-33(31-24(8)25(31)9)39(53)47(16)34(41)40(54)44(13)26(10)28(12)48/h19-27,29-34H,17-18H2,1-16H3,(H,42,49)(H,43,50)/t21-,22+,23+,24+,25+,26-,27+,29+,32-,33+,34-/m1/s1. The van der Waals surface area contributed by atoms with Crippen molar-refractivity contribution in [2.75, 3.05) is 28.2 Å². The first-order chi connectivity index (χ1) is 24.8. The lowest BCUT2D eigenvalue weighted by Crippen LogP contribution is -2.60. The average Bonchev–Trinajstić information content (AvgIpc) is 3.93. The van der Waals surface area contributed by atoms with Gasteiger partial charge in [0.05, 0.1) is 6.04 Å². The summed E-state index contributed by atoms with van der Waals surface area (Å²) >= 11 is 1.88. The van der Waals surface area contributed by atoms with Crippen molar-refractivity contribution in [1.29, 1.82) is 0 Å². The molecular formula is C40H69IN6O7. The van der Waals surface area contributed by atoms with Gasteiger partial charge in [0, 0.05) is 34.1 Å². The molecule has 13 nitrogen and oxygen atoms in total. The Morgan fingerprint density at radius 3 is 1.31 bits per heavy atom. The van der Waals surface area contributed by atoms with E-state index >= 15 is 0 Å². The Balaban J connectivity index is 2.32. The topological polar surface area (TPSA) is 157 Å². The summed E-state index contributed by atoms with van der Waals surface area (Å²) in [6, 6.07) is -4.29. The minimum Gasteiger partial charge on any atom is -0.344 e. The highest BCUT2D eigenvalue weighted by Gasteiger charge is 2.54.